The number of nitrogens with zero attached hydrogens (tertiary/aromatic N) is 3. The highest BCUT2D eigenvalue weighted by molar-refractivity contribution is 7.99. The van der Waals surface area contributed by atoms with Crippen LogP contribution in [-0.2, 0) is 35.3 Å². The van der Waals surface area contributed by atoms with Crippen LogP contribution < -0.4 is 5.32 Å². The topological polar surface area (TPSA) is 86.1 Å². The lowest BCUT2D eigenvalue weighted by Crippen LogP contribution is -2.19. The zero-order valence-corrected chi connectivity index (χ0v) is 19.3. The molecule has 2 aromatic rings. The maximum atomic E-state index is 12.7. The number of rotatable bonds is 9. The van der Waals surface area contributed by atoms with Crippen molar-refractivity contribution in [3.05, 3.63) is 34.5 Å². The second-order valence-corrected chi connectivity index (χ2v) is 9.41. The summed E-state index contributed by atoms with van der Waals surface area (Å²) in [6.07, 6.45) is 6.28. The lowest BCUT2D eigenvalue weighted by molar-refractivity contribution is -0.113. The molecule has 2 heterocycles. The third-order valence-corrected chi connectivity index (χ3v) is 6.90. The lowest BCUT2D eigenvalue weighted by Gasteiger charge is -2.14. The zero-order chi connectivity index (χ0) is 21.7. The van der Waals surface area contributed by atoms with E-state index in [1.165, 1.54) is 28.0 Å². The van der Waals surface area contributed by atoms with E-state index in [4.69, 9.17) is 4.74 Å². The molecule has 0 radical (unpaired) electrons. The van der Waals surface area contributed by atoms with E-state index in [2.05, 4.69) is 22.1 Å². The molecule has 0 unspecified atom stereocenters. The van der Waals surface area contributed by atoms with Crippen molar-refractivity contribution in [2.75, 3.05) is 11.1 Å². The number of hydrogen-bond donors (Lipinski definition) is 1. The van der Waals surface area contributed by atoms with Crippen LogP contribution >= 0.6 is 23.1 Å². The zero-order valence-electron chi connectivity index (χ0n) is 17.7. The number of nitrogens with one attached hydrogen (secondary N) is 1. The van der Waals surface area contributed by atoms with Gasteiger partial charge in [0.15, 0.2) is 5.16 Å². The van der Waals surface area contributed by atoms with Crippen LogP contribution in [0.1, 0.15) is 60.2 Å². The molecule has 0 fully saturated rings. The van der Waals surface area contributed by atoms with E-state index in [1.807, 2.05) is 25.3 Å². The fraction of sp³-hybridized carbons (Fsp3) is 0.524. The van der Waals surface area contributed by atoms with Crippen LogP contribution in [0.5, 0.6) is 0 Å². The van der Waals surface area contributed by atoms with Gasteiger partial charge in [-0.15, -0.1) is 28.1 Å². The highest BCUT2D eigenvalue weighted by atomic mass is 32.2. The first-order valence-corrected chi connectivity index (χ1v) is 12.1. The molecule has 3 rings (SSSR count). The average Bonchev–Trinajstić information content (AvgIpc) is 3.26. The number of thiophene rings is 1. The molecule has 0 saturated heterocycles. The predicted octanol–water partition coefficient (Wildman–Crippen LogP) is 4.26. The van der Waals surface area contributed by atoms with Gasteiger partial charge in [0.2, 0.25) is 5.91 Å². The maximum Gasteiger partial charge on any atom is 0.341 e. The van der Waals surface area contributed by atoms with Crippen LogP contribution in [0.15, 0.2) is 17.8 Å². The van der Waals surface area contributed by atoms with E-state index in [9.17, 15) is 9.59 Å². The third-order valence-electron chi connectivity index (χ3n) is 4.72. The van der Waals surface area contributed by atoms with Crippen molar-refractivity contribution in [1.82, 2.24) is 14.8 Å². The fourth-order valence-corrected chi connectivity index (χ4v) is 5.50. The largest absolute Gasteiger partial charge is 0.459 e. The van der Waals surface area contributed by atoms with Crippen molar-refractivity contribution in [1.29, 1.82) is 0 Å². The Labute approximate surface area is 185 Å². The number of ether oxygens (including phenoxy) is 1. The van der Waals surface area contributed by atoms with Gasteiger partial charge in [0.05, 0.1) is 17.4 Å². The molecule has 1 aliphatic carbocycles. The van der Waals surface area contributed by atoms with E-state index in [1.54, 1.807) is 6.08 Å². The molecule has 0 spiro atoms. The molecule has 30 heavy (non-hydrogen) atoms. The van der Waals surface area contributed by atoms with Crippen LogP contribution in [0.4, 0.5) is 5.00 Å². The van der Waals surface area contributed by atoms with Gasteiger partial charge in [-0.05, 0) is 45.1 Å². The van der Waals surface area contributed by atoms with Gasteiger partial charge >= 0.3 is 5.97 Å². The van der Waals surface area contributed by atoms with Crippen molar-refractivity contribution in [3.8, 4) is 0 Å². The second kappa shape index (κ2) is 10.3. The third kappa shape index (κ3) is 5.13. The molecule has 7 nitrogen and oxygen atoms in total. The molecule has 0 aromatic carbocycles. The molecule has 1 amide bonds. The summed E-state index contributed by atoms with van der Waals surface area (Å²) in [7, 11) is 0. The molecule has 162 valence electrons. The Bertz CT molecular complexity index is 933. The number of aromatic nitrogens is 3. The van der Waals surface area contributed by atoms with Crippen molar-refractivity contribution in [2.24, 2.45) is 0 Å². The maximum absolute atomic E-state index is 12.7. The monoisotopic (exact) mass is 448 g/mol. The van der Waals surface area contributed by atoms with E-state index in [0.717, 1.165) is 43.5 Å². The van der Waals surface area contributed by atoms with Crippen molar-refractivity contribution in [3.63, 3.8) is 0 Å². The average molecular weight is 449 g/mol. The van der Waals surface area contributed by atoms with Crippen LogP contribution in [0.25, 0.3) is 0 Å². The number of hydrogen-bond acceptors (Lipinski definition) is 7. The molecular formula is C21H28N4O3S2. The first-order valence-electron chi connectivity index (χ1n) is 10.3. The number of esters is 1. The minimum atomic E-state index is -0.356. The molecule has 0 saturated carbocycles. The minimum absolute atomic E-state index is 0.177. The molecule has 2 aromatic heterocycles. The summed E-state index contributed by atoms with van der Waals surface area (Å²) in [6.45, 7) is 10.0. The highest BCUT2D eigenvalue weighted by Gasteiger charge is 2.28. The van der Waals surface area contributed by atoms with Crippen LogP contribution in [0.2, 0.25) is 0 Å². The van der Waals surface area contributed by atoms with Crippen molar-refractivity contribution >= 4 is 40.0 Å². The number of thioether (sulfide) groups is 1. The first-order chi connectivity index (χ1) is 14.4. The van der Waals surface area contributed by atoms with Crippen LogP contribution in [0, 0.1) is 0 Å². The van der Waals surface area contributed by atoms with Gasteiger partial charge in [-0.1, -0.05) is 24.8 Å². The summed E-state index contributed by atoms with van der Waals surface area (Å²) in [6, 6.07) is 0. The molecule has 9 heteroatoms. The number of allylic oxidation sites excluding steroid dienone is 1. The van der Waals surface area contributed by atoms with Crippen LogP contribution in [0.3, 0.4) is 0 Å². The Kier molecular flexibility index (Phi) is 7.71. The smallest absolute Gasteiger partial charge is 0.341 e. The van der Waals surface area contributed by atoms with Crippen molar-refractivity contribution in [2.45, 2.75) is 70.7 Å². The van der Waals surface area contributed by atoms with E-state index in [-0.39, 0.29) is 23.7 Å². The molecule has 0 atom stereocenters. The van der Waals surface area contributed by atoms with Gasteiger partial charge in [-0.3, -0.25) is 4.79 Å². The van der Waals surface area contributed by atoms with E-state index in [0.29, 0.717) is 22.3 Å². The van der Waals surface area contributed by atoms with E-state index < -0.39 is 0 Å². The summed E-state index contributed by atoms with van der Waals surface area (Å²) in [4.78, 5) is 26.6. The summed E-state index contributed by atoms with van der Waals surface area (Å²) in [5.41, 5.74) is 1.57. The predicted molar refractivity (Wildman–Crippen MR) is 120 cm³/mol. The Balaban J connectivity index is 1.74. The number of fused-ring (bicyclic) bond motifs is 1. The van der Waals surface area contributed by atoms with Gasteiger partial charge in [-0.25, -0.2) is 4.79 Å². The normalized spacial score (nSPS) is 13.2. The molecule has 1 aliphatic rings. The standard InChI is InChI=1S/C21H28N4O3S2/c1-5-11-25-16(6-2)23-24-21(25)29-12-17(26)22-19-18(20(27)28-13(3)4)14-9-7-8-10-15(14)30-19/h5,13H,1,6-12H2,2-4H3,(H,22,26). The summed E-state index contributed by atoms with van der Waals surface area (Å²) >= 11 is 2.83. The van der Waals surface area contributed by atoms with E-state index >= 15 is 0 Å². The van der Waals surface area contributed by atoms with Crippen LogP contribution in [-0.4, -0.2) is 38.5 Å². The quantitative estimate of drug-likeness (QED) is 0.350. The van der Waals surface area contributed by atoms with Gasteiger partial charge in [0.1, 0.15) is 10.8 Å². The summed E-state index contributed by atoms with van der Waals surface area (Å²) < 4.78 is 7.41. The molecule has 0 bridgehead atoms. The highest BCUT2D eigenvalue weighted by Crippen LogP contribution is 2.39. The summed E-state index contributed by atoms with van der Waals surface area (Å²) in [5.74, 6) is 0.511. The number of carbonyl (C=O) groups excluding carboxylic acids is 2. The summed E-state index contributed by atoms with van der Waals surface area (Å²) in [5, 5.41) is 12.6. The Morgan fingerprint density at radius 1 is 1.33 bits per heavy atom. The molecule has 0 aliphatic heterocycles. The lowest BCUT2D eigenvalue weighted by atomic mass is 9.95. The number of anilines is 1. The molecular weight excluding hydrogens is 420 g/mol. The minimum Gasteiger partial charge on any atom is -0.459 e. The first kappa shape index (κ1) is 22.6. The van der Waals surface area contributed by atoms with Crippen molar-refractivity contribution < 1.29 is 14.3 Å². The number of aryl methyl sites for hydroxylation is 2. The van der Waals surface area contributed by atoms with Gasteiger partial charge in [-0.2, -0.15) is 0 Å². The Morgan fingerprint density at radius 2 is 2.10 bits per heavy atom. The second-order valence-electron chi connectivity index (χ2n) is 7.36. The van der Waals surface area contributed by atoms with Gasteiger partial charge in [0.25, 0.3) is 0 Å². The van der Waals surface area contributed by atoms with Gasteiger partial charge in [0, 0.05) is 17.8 Å². The Morgan fingerprint density at radius 3 is 2.80 bits per heavy atom. The SMILES string of the molecule is C=CCn1c(CC)nnc1SCC(=O)Nc1sc2c(c1C(=O)OC(C)C)CCCC2. The molecule has 1 N–H and O–H groups in total. The Hall–Kier alpha value is -2.13. The fourth-order valence-electron chi connectivity index (χ4n) is 3.44. The number of amides is 1. The van der Waals surface area contributed by atoms with Gasteiger partial charge < -0.3 is 14.6 Å². The number of carbonyl (C=O) groups is 2.